The van der Waals surface area contributed by atoms with Gasteiger partial charge in [0.25, 0.3) is 5.91 Å². The molecule has 3 aromatic rings. The van der Waals surface area contributed by atoms with E-state index in [1.165, 1.54) is 23.4 Å². The van der Waals surface area contributed by atoms with Gasteiger partial charge in [0, 0.05) is 31.9 Å². The average molecular weight is 444 g/mol. The molecule has 10 nitrogen and oxygen atoms in total. The maximum absolute atomic E-state index is 12.4. The minimum atomic E-state index is -1.82. The van der Waals surface area contributed by atoms with E-state index >= 15 is 0 Å². The monoisotopic (exact) mass is 444 g/mol. The number of carboxylic acid groups (broad SMARTS) is 2. The maximum atomic E-state index is 12.4. The van der Waals surface area contributed by atoms with Gasteiger partial charge in [-0.1, -0.05) is 18.2 Å². The largest absolute Gasteiger partial charge is 0.473 e. The fourth-order valence-electron chi connectivity index (χ4n) is 2.96. The lowest BCUT2D eigenvalue weighted by atomic mass is 10.2. The predicted molar refractivity (Wildman–Crippen MR) is 113 cm³/mol. The van der Waals surface area contributed by atoms with E-state index in [1.807, 2.05) is 34.5 Å². The van der Waals surface area contributed by atoms with Gasteiger partial charge in [0.05, 0.1) is 5.39 Å². The molecule has 1 aliphatic heterocycles. The molecule has 2 N–H and O–H groups in total. The molecule has 4 rings (SSSR count). The molecule has 3 heterocycles. The highest BCUT2D eigenvalue weighted by Crippen LogP contribution is 2.25. The Morgan fingerprint density at radius 3 is 2.29 bits per heavy atom. The van der Waals surface area contributed by atoms with Crippen LogP contribution in [0, 0.1) is 0 Å². The lowest BCUT2D eigenvalue weighted by Crippen LogP contribution is -2.50. The lowest BCUT2D eigenvalue weighted by Gasteiger charge is -2.36. The van der Waals surface area contributed by atoms with Gasteiger partial charge in [-0.05, 0) is 23.6 Å². The Kier molecular flexibility index (Phi) is 7.33. The average Bonchev–Trinajstić information content (AvgIpc) is 3.28. The van der Waals surface area contributed by atoms with Crippen molar-refractivity contribution in [1.29, 1.82) is 0 Å². The fraction of sp³-hybridized carbons (Fsp3) is 0.250. The zero-order valence-electron chi connectivity index (χ0n) is 16.4. The molecular weight excluding hydrogens is 424 g/mol. The van der Waals surface area contributed by atoms with Gasteiger partial charge < -0.3 is 24.7 Å². The van der Waals surface area contributed by atoms with Gasteiger partial charge >= 0.3 is 11.9 Å². The Bertz CT molecular complexity index is 1040. The fourth-order valence-corrected chi connectivity index (χ4v) is 3.68. The second kappa shape index (κ2) is 10.3. The Hall–Kier alpha value is -3.73. The number of amides is 1. The van der Waals surface area contributed by atoms with Crippen LogP contribution < -0.4 is 9.64 Å². The van der Waals surface area contributed by atoms with Crippen LogP contribution in [0.5, 0.6) is 5.88 Å². The molecule has 1 saturated heterocycles. The molecule has 31 heavy (non-hydrogen) atoms. The van der Waals surface area contributed by atoms with Crippen molar-refractivity contribution in [2.24, 2.45) is 0 Å². The number of fused-ring (bicyclic) bond motifs is 1. The number of carbonyl (C=O) groups is 3. The Balaban J connectivity index is 0.000000401. The van der Waals surface area contributed by atoms with Crippen LogP contribution in [0.15, 0.2) is 48.1 Å². The van der Waals surface area contributed by atoms with E-state index in [0.29, 0.717) is 19.0 Å². The molecule has 1 aromatic carbocycles. The van der Waals surface area contributed by atoms with Gasteiger partial charge in [-0.15, -0.1) is 11.3 Å². The molecule has 1 amide bonds. The molecule has 0 radical (unpaired) electrons. The third kappa shape index (κ3) is 5.89. The number of piperazine rings is 1. The topological polar surface area (TPSA) is 133 Å². The summed E-state index contributed by atoms with van der Waals surface area (Å²) in [6, 6.07) is 12.2. The van der Waals surface area contributed by atoms with E-state index in [4.69, 9.17) is 24.5 Å². The first-order valence-corrected chi connectivity index (χ1v) is 10.2. The zero-order chi connectivity index (χ0) is 22.2. The predicted octanol–water partition coefficient (Wildman–Crippen LogP) is 1.57. The number of thiophene rings is 1. The SMILES string of the molecule is O=C(COc1ncnc2sccc12)N1CCN(c2ccccc2)CC1.O=C(O)C(=O)O. The smallest absolute Gasteiger partial charge is 0.414 e. The van der Waals surface area contributed by atoms with Crippen molar-refractivity contribution in [2.45, 2.75) is 0 Å². The van der Waals surface area contributed by atoms with E-state index < -0.39 is 11.9 Å². The summed E-state index contributed by atoms with van der Waals surface area (Å²) < 4.78 is 5.65. The molecule has 162 valence electrons. The number of rotatable bonds is 4. The first kappa shape index (κ1) is 22.0. The standard InChI is InChI=1S/C18H18N4O2S.C2H2O4/c23-16(12-24-17-15-6-11-25-18(15)20-13-19-17)22-9-7-21(8-10-22)14-4-2-1-3-5-14;3-1(4)2(5)6/h1-6,11,13H,7-10,12H2;(H,3,4)(H,5,6). The molecule has 0 saturated carbocycles. The maximum Gasteiger partial charge on any atom is 0.414 e. The van der Waals surface area contributed by atoms with Crippen LogP contribution in [-0.4, -0.2) is 75.7 Å². The van der Waals surface area contributed by atoms with Gasteiger partial charge in [0.1, 0.15) is 11.2 Å². The highest BCUT2D eigenvalue weighted by molar-refractivity contribution is 7.16. The number of anilines is 1. The van der Waals surface area contributed by atoms with Crippen LogP contribution >= 0.6 is 11.3 Å². The summed E-state index contributed by atoms with van der Waals surface area (Å²) in [6.45, 7) is 3.08. The van der Waals surface area contributed by atoms with Gasteiger partial charge in [0.2, 0.25) is 5.88 Å². The summed E-state index contributed by atoms with van der Waals surface area (Å²) in [7, 11) is 0. The van der Waals surface area contributed by atoms with Gasteiger partial charge in [-0.3, -0.25) is 4.79 Å². The first-order chi connectivity index (χ1) is 15.0. The quantitative estimate of drug-likeness (QED) is 0.575. The van der Waals surface area contributed by atoms with Crippen molar-refractivity contribution in [3.8, 4) is 5.88 Å². The minimum absolute atomic E-state index is 0.00490. The summed E-state index contributed by atoms with van der Waals surface area (Å²) in [5.41, 5.74) is 1.20. The molecule has 1 aliphatic rings. The summed E-state index contributed by atoms with van der Waals surface area (Å²) >= 11 is 1.53. The van der Waals surface area contributed by atoms with Crippen LogP contribution in [-0.2, 0) is 14.4 Å². The molecule has 0 bridgehead atoms. The normalized spacial score (nSPS) is 13.3. The second-order valence-electron chi connectivity index (χ2n) is 6.42. The Labute approximate surface area is 181 Å². The highest BCUT2D eigenvalue weighted by atomic mass is 32.1. The van der Waals surface area contributed by atoms with Gasteiger partial charge in [-0.25, -0.2) is 19.6 Å². The zero-order valence-corrected chi connectivity index (χ0v) is 17.2. The molecule has 0 unspecified atom stereocenters. The Morgan fingerprint density at radius 1 is 0.968 bits per heavy atom. The van der Waals surface area contributed by atoms with Crippen molar-refractivity contribution in [1.82, 2.24) is 14.9 Å². The number of para-hydroxylation sites is 1. The van der Waals surface area contributed by atoms with Crippen LogP contribution in [0.1, 0.15) is 0 Å². The number of carbonyl (C=O) groups excluding carboxylic acids is 1. The van der Waals surface area contributed by atoms with E-state index in [2.05, 4.69) is 27.0 Å². The highest BCUT2D eigenvalue weighted by Gasteiger charge is 2.22. The molecule has 1 fully saturated rings. The minimum Gasteiger partial charge on any atom is -0.473 e. The summed E-state index contributed by atoms with van der Waals surface area (Å²) in [5.74, 6) is -3.18. The van der Waals surface area contributed by atoms with Gasteiger partial charge in [-0.2, -0.15) is 0 Å². The molecule has 0 atom stereocenters. The Morgan fingerprint density at radius 2 is 1.65 bits per heavy atom. The van der Waals surface area contributed by atoms with E-state index in [9.17, 15) is 4.79 Å². The lowest BCUT2D eigenvalue weighted by molar-refractivity contribution is -0.159. The summed E-state index contributed by atoms with van der Waals surface area (Å²) in [4.78, 5) is 44.0. The van der Waals surface area contributed by atoms with Crippen molar-refractivity contribution < 1.29 is 29.3 Å². The van der Waals surface area contributed by atoms with E-state index in [1.54, 1.807) is 0 Å². The van der Waals surface area contributed by atoms with Crippen LogP contribution in [0.2, 0.25) is 0 Å². The number of aromatic nitrogens is 2. The number of hydrogen-bond acceptors (Lipinski definition) is 8. The number of carboxylic acids is 2. The van der Waals surface area contributed by atoms with Crippen molar-refractivity contribution in [3.63, 3.8) is 0 Å². The molecule has 11 heteroatoms. The van der Waals surface area contributed by atoms with Gasteiger partial charge in [0.15, 0.2) is 6.61 Å². The van der Waals surface area contributed by atoms with E-state index in [-0.39, 0.29) is 12.5 Å². The summed E-state index contributed by atoms with van der Waals surface area (Å²) in [6.07, 6.45) is 1.47. The molecule has 0 spiro atoms. The molecular formula is C20H20N4O6S. The molecule has 0 aliphatic carbocycles. The number of nitrogens with zero attached hydrogens (tertiary/aromatic N) is 4. The van der Waals surface area contributed by atoms with Crippen LogP contribution in [0.4, 0.5) is 5.69 Å². The number of ether oxygens (including phenoxy) is 1. The van der Waals surface area contributed by atoms with Crippen LogP contribution in [0.3, 0.4) is 0 Å². The summed E-state index contributed by atoms with van der Waals surface area (Å²) in [5, 5.41) is 17.6. The second-order valence-corrected chi connectivity index (χ2v) is 7.32. The van der Waals surface area contributed by atoms with Crippen molar-refractivity contribution in [2.75, 3.05) is 37.7 Å². The molecule has 2 aromatic heterocycles. The first-order valence-electron chi connectivity index (χ1n) is 9.30. The number of aliphatic carboxylic acids is 2. The van der Waals surface area contributed by atoms with Crippen LogP contribution in [0.25, 0.3) is 10.2 Å². The van der Waals surface area contributed by atoms with Crippen molar-refractivity contribution in [3.05, 3.63) is 48.1 Å². The third-order valence-electron chi connectivity index (χ3n) is 4.49. The van der Waals surface area contributed by atoms with E-state index in [0.717, 1.165) is 23.3 Å². The number of benzene rings is 1. The third-order valence-corrected chi connectivity index (χ3v) is 5.31. The number of hydrogen-bond donors (Lipinski definition) is 2. The van der Waals surface area contributed by atoms with Crippen molar-refractivity contribution >= 4 is 45.1 Å².